The van der Waals surface area contributed by atoms with Gasteiger partial charge in [-0.3, -0.25) is 4.98 Å². The third kappa shape index (κ3) is 4.24. The highest BCUT2D eigenvalue weighted by Gasteiger charge is 2.24. The number of hydrogen-bond donors (Lipinski definition) is 2. The van der Waals surface area contributed by atoms with E-state index in [0.29, 0.717) is 22.0 Å². The van der Waals surface area contributed by atoms with Gasteiger partial charge in [-0.2, -0.15) is 0 Å². The van der Waals surface area contributed by atoms with Crippen molar-refractivity contribution in [3.63, 3.8) is 0 Å². The summed E-state index contributed by atoms with van der Waals surface area (Å²) in [6.07, 6.45) is 4.92. The average molecular weight is 467 g/mol. The van der Waals surface area contributed by atoms with E-state index < -0.39 is 5.60 Å². The molecule has 0 spiro atoms. The van der Waals surface area contributed by atoms with E-state index in [0.717, 1.165) is 33.7 Å². The Bertz CT molecular complexity index is 1290. The Morgan fingerprint density at radius 3 is 2.58 bits per heavy atom. The Morgan fingerprint density at radius 2 is 1.91 bits per heavy atom. The van der Waals surface area contributed by atoms with Gasteiger partial charge >= 0.3 is 0 Å². The molecule has 0 fully saturated rings. The number of fused-ring (bicyclic) bond motifs is 1. The molecule has 0 aliphatic heterocycles. The van der Waals surface area contributed by atoms with Gasteiger partial charge in [0.15, 0.2) is 11.5 Å². The van der Waals surface area contributed by atoms with Crippen LogP contribution in [0.4, 0.5) is 5.82 Å². The van der Waals surface area contributed by atoms with Gasteiger partial charge < -0.3 is 19.8 Å². The Labute approximate surface area is 197 Å². The lowest BCUT2D eigenvalue weighted by Crippen LogP contribution is -2.20. The van der Waals surface area contributed by atoms with Gasteiger partial charge in [-0.15, -0.1) is 0 Å². The van der Waals surface area contributed by atoms with Gasteiger partial charge in [0.2, 0.25) is 0 Å². The molecule has 172 valence electrons. The Morgan fingerprint density at radius 1 is 1.12 bits per heavy atom. The SMILES string of the molecule is COc1c(C(C)Nc2ncnc3[nH]cnc23)cc(Cl)c(C)c1-c1ccc(C(C)(C)OC)nc1. The van der Waals surface area contributed by atoms with Crippen molar-refractivity contribution in [2.45, 2.75) is 39.3 Å². The molecule has 0 saturated carbocycles. The van der Waals surface area contributed by atoms with Crippen molar-refractivity contribution in [2.75, 3.05) is 19.5 Å². The lowest BCUT2D eigenvalue weighted by Gasteiger charge is -2.24. The summed E-state index contributed by atoms with van der Waals surface area (Å²) in [5, 5.41) is 4.06. The second-order valence-electron chi connectivity index (χ2n) is 8.32. The molecule has 0 radical (unpaired) electrons. The fourth-order valence-corrected chi connectivity index (χ4v) is 4.00. The smallest absolute Gasteiger partial charge is 0.162 e. The predicted octanol–water partition coefficient (Wildman–Crippen LogP) is 5.44. The summed E-state index contributed by atoms with van der Waals surface area (Å²) in [5.41, 5.74) is 5.32. The van der Waals surface area contributed by atoms with Crippen molar-refractivity contribution >= 4 is 28.6 Å². The van der Waals surface area contributed by atoms with Crippen molar-refractivity contribution in [3.05, 3.63) is 58.9 Å². The highest BCUT2D eigenvalue weighted by molar-refractivity contribution is 6.32. The first kappa shape index (κ1) is 22.9. The molecule has 1 atom stereocenters. The number of pyridine rings is 1. The van der Waals surface area contributed by atoms with E-state index in [9.17, 15) is 0 Å². The third-order valence-electron chi connectivity index (χ3n) is 5.93. The number of H-pyrrole nitrogens is 1. The minimum Gasteiger partial charge on any atom is -0.496 e. The van der Waals surface area contributed by atoms with Crippen LogP contribution in [0, 0.1) is 6.92 Å². The molecular weight excluding hydrogens is 440 g/mol. The van der Waals surface area contributed by atoms with Crippen molar-refractivity contribution in [1.29, 1.82) is 0 Å². The van der Waals surface area contributed by atoms with E-state index in [1.807, 2.05) is 52.1 Å². The van der Waals surface area contributed by atoms with Gasteiger partial charge in [-0.1, -0.05) is 17.7 Å². The van der Waals surface area contributed by atoms with E-state index in [4.69, 9.17) is 21.1 Å². The van der Waals surface area contributed by atoms with E-state index in [2.05, 4.69) is 30.2 Å². The summed E-state index contributed by atoms with van der Waals surface area (Å²) < 4.78 is 11.5. The normalized spacial score (nSPS) is 12.7. The van der Waals surface area contributed by atoms with E-state index >= 15 is 0 Å². The van der Waals surface area contributed by atoms with Gasteiger partial charge in [-0.05, 0) is 45.4 Å². The maximum Gasteiger partial charge on any atom is 0.162 e. The molecule has 9 heteroatoms. The van der Waals surface area contributed by atoms with Gasteiger partial charge in [-0.25, -0.2) is 15.0 Å². The fourth-order valence-electron chi connectivity index (χ4n) is 3.79. The third-order valence-corrected chi connectivity index (χ3v) is 6.32. The number of halogens is 1. The molecule has 3 heterocycles. The highest BCUT2D eigenvalue weighted by Crippen LogP contribution is 2.43. The van der Waals surface area contributed by atoms with Gasteiger partial charge in [0.05, 0.1) is 25.2 Å². The minimum absolute atomic E-state index is 0.175. The first-order valence-electron chi connectivity index (χ1n) is 10.6. The van der Waals surface area contributed by atoms with Gasteiger partial charge in [0.25, 0.3) is 0 Å². The summed E-state index contributed by atoms with van der Waals surface area (Å²) in [6.45, 7) is 7.97. The van der Waals surface area contributed by atoms with Crippen LogP contribution in [0.5, 0.6) is 5.75 Å². The molecule has 1 aromatic carbocycles. The lowest BCUT2D eigenvalue weighted by atomic mass is 9.93. The number of benzene rings is 1. The van der Waals surface area contributed by atoms with Crippen LogP contribution in [-0.4, -0.2) is 39.1 Å². The van der Waals surface area contributed by atoms with Crippen molar-refractivity contribution < 1.29 is 9.47 Å². The average Bonchev–Trinajstić information content (AvgIpc) is 3.30. The van der Waals surface area contributed by atoms with Crippen LogP contribution in [0.15, 0.2) is 37.1 Å². The molecule has 8 nitrogen and oxygen atoms in total. The second kappa shape index (κ2) is 8.96. The van der Waals surface area contributed by atoms with E-state index in [1.54, 1.807) is 20.5 Å². The lowest BCUT2D eigenvalue weighted by molar-refractivity contribution is 0.0155. The van der Waals surface area contributed by atoms with Crippen LogP contribution in [0.25, 0.3) is 22.3 Å². The maximum atomic E-state index is 6.68. The Balaban J connectivity index is 1.77. The van der Waals surface area contributed by atoms with Crippen molar-refractivity contribution in [3.8, 4) is 16.9 Å². The molecular formula is C24H27ClN6O2. The summed E-state index contributed by atoms with van der Waals surface area (Å²) in [6, 6.07) is 5.74. The standard InChI is InChI=1S/C24H27ClN6O2/c1-13-17(25)9-16(14(2)31-23-20-22(28-11-27-20)29-12-30-23)21(32-5)19(13)15-7-8-18(26-10-15)24(3,4)33-6/h7-12,14H,1-6H3,(H2,27,28,29,30,31). The highest BCUT2D eigenvalue weighted by atomic mass is 35.5. The first-order chi connectivity index (χ1) is 15.8. The molecule has 3 aromatic heterocycles. The molecule has 4 aromatic rings. The second-order valence-corrected chi connectivity index (χ2v) is 8.72. The fraction of sp³-hybridized carbons (Fsp3) is 0.333. The number of imidazole rings is 1. The van der Waals surface area contributed by atoms with Crippen molar-refractivity contribution in [1.82, 2.24) is 24.9 Å². The van der Waals surface area contributed by atoms with Crippen LogP contribution in [0.2, 0.25) is 5.02 Å². The van der Waals surface area contributed by atoms with Crippen LogP contribution >= 0.6 is 11.6 Å². The molecule has 1 unspecified atom stereocenters. The number of aromatic amines is 1. The molecule has 0 saturated heterocycles. The molecule has 0 bridgehead atoms. The molecule has 0 aliphatic rings. The number of nitrogens with one attached hydrogen (secondary N) is 2. The molecule has 33 heavy (non-hydrogen) atoms. The zero-order valence-corrected chi connectivity index (χ0v) is 20.3. The number of rotatable bonds is 7. The maximum absolute atomic E-state index is 6.68. The Hall–Kier alpha value is -3.23. The van der Waals surface area contributed by atoms with Gasteiger partial charge in [0, 0.05) is 35.0 Å². The van der Waals surface area contributed by atoms with E-state index in [1.165, 1.54) is 6.33 Å². The quantitative estimate of drug-likeness (QED) is 0.374. The number of aromatic nitrogens is 5. The minimum atomic E-state index is -0.481. The Kier molecular flexibility index (Phi) is 6.23. The molecule has 2 N–H and O–H groups in total. The van der Waals surface area contributed by atoms with Crippen molar-refractivity contribution in [2.24, 2.45) is 0 Å². The topological polar surface area (TPSA) is 97.8 Å². The first-order valence-corrected chi connectivity index (χ1v) is 10.9. The zero-order valence-electron chi connectivity index (χ0n) is 19.5. The van der Waals surface area contributed by atoms with Crippen LogP contribution in [0.3, 0.4) is 0 Å². The number of hydrogen-bond acceptors (Lipinski definition) is 7. The number of methoxy groups -OCH3 is 2. The monoisotopic (exact) mass is 466 g/mol. The number of ether oxygens (including phenoxy) is 2. The molecule has 0 amide bonds. The van der Waals surface area contributed by atoms with E-state index in [-0.39, 0.29) is 6.04 Å². The summed E-state index contributed by atoms with van der Waals surface area (Å²) in [7, 11) is 3.34. The predicted molar refractivity (Wildman–Crippen MR) is 130 cm³/mol. The summed E-state index contributed by atoms with van der Waals surface area (Å²) in [5.74, 6) is 1.35. The van der Waals surface area contributed by atoms with Crippen LogP contribution in [-0.2, 0) is 10.3 Å². The summed E-state index contributed by atoms with van der Waals surface area (Å²) in [4.78, 5) is 20.5. The van der Waals surface area contributed by atoms with Crippen LogP contribution < -0.4 is 10.1 Å². The van der Waals surface area contributed by atoms with Gasteiger partial charge in [0.1, 0.15) is 23.2 Å². The largest absolute Gasteiger partial charge is 0.496 e. The summed E-state index contributed by atoms with van der Waals surface area (Å²) >= 11 is 6.68. The van der Waals surface area contributed by atoms with Crippen LogP contribution in [0.1, 0.15) is 43.6 Å². The number of anilines is 1. The molecule has 4 rings (SSSR count). The molecule has 0 aliphatic carbocycles. The zero-order chi connectivity index (χ0) is 23.8. The number of nitrogens with zero attached hydrogens (tertiary/aromatic N) is 4.